The number of ether oxygens (including phenoxy) is 1. The van der Waals surface area contributed by atoms with Crippen LogP contribution < -0.4 is 11.1 Å². The Morgan fingerprint density at radius 3 is 2.83 bits per heavy atom. The molecule has 0 atom stereocenters. The van der Waals surface area contributed by atoms with Gasteiger partial charge in [-0.15, -0.1) is 0 Å². The molecule has 68 valence electrons. The lowest BCUT2D eigenvalue weighted by atomic mass is 10.2. The van der Waals surface area contributed by atoms with Crippen LogP contribution in [0.4, 0.5) is 0 Å². The molecule has 0 unspecified atom stereocenters. The number of nitrogens with two attached hydrogens (primary N) is 1. The fourth-order valence-electron chi connectivity index (χ4n) is 0.888. The van der Waals surface area contributed by atoms with Gasteiger partial charge in [0.15, 0.2) is 0 Å². The van der Waals surface area contributed by atoms with Crippen molar-refractivity contribution in [2.45, 2.75) is 13.0 Å². The van der Waals surface area contributed by atoms with E-state index in [4.69, 9.17) is 10.5 Å². The molecule has 0 aromatic carbocycles. The van der Waals surface area contributed by atoms with Crippen LogP contribution in [0.25, 0.3) is 0 Å². The first-order chi connectivity index (χ1) is 5.74. The lowest BCUT2D eigenvalue weighted by Crippen LogP contribution is -2.48. The summed E-state index contributed by atoms with van der Waals surface area (Å²) >= 11 is 0. The first-order valence-corrected chi connectivity index (χ1v) is 3.99. The zero-order valence-corrected chi connectivity index (χ0v) is 7.17. The maximum Gasteiger partial charge on any atom is 0.247 e. The summed E-state index contributed by atoms with van der Waals surface area (Å²) in [6.45, 7) is 3.41. The van der Waals surface area contributed by atoms with Crippen LogP contribution in [0.3, 0.4) is 0 Å². The van der Waals surface area contributed by atoms with Gasteiger partial charge in [-0.05, 0) is 6.92 Å². The molecule has 1 fully saturated rings. The number of hydrogen-bond donors (Lipinski definition) is 2. The predicted molar refractivity (Wildman–Crippen MR) is 45.6 cm³/mol. The largest absolute Gasteiger partial charge is 0.377 e. The van der Waals surface area contributed by atoms with Crippen LogP contribution in [-0.2, 0) is 9.53 Å². The van der Waals surface area contributed by atoms with Crippen LogP contribution in [0.15, 0.2) is 11.6 Å². The quantitative estimate of drug-likeness (QED) is 0.556. The highest BCUT2D eigenvalue weighted by atomic mass is 16.5. The van der Waals surface area contributed by atoms with Crippen LogP contribution in [-0.4, -0.2) is 31.7 Å². The van der Waals surface area contributed by atoms with Crippen LogP contribution in [0.2, 0.25) is 0 Å². The predicted octanol–water partition coefficient (Wildman–Crippen LogP) is -0.594. The second kappa shape index (κ2) is 4.23. The molecule has 0 radical (unpaired) electrons. The first-order valence-electron chi connectivity index (χ1n) is 3.99. The Balaban J connectivity index is 2.31. The molecule has 0 aromatic rings. The molecule has 0 bridgehead atoms. The number of carbonyl (C=O) groups is 1. The van der Waals surface area contributed by atoms with Crippen molar-refractivity contribution in [3.63, 3.8) is 0 Å². The van der Waals surface area contributed by atoms with Gasteiger partial charge in [0.1, 0.15) is 0 Å². The summed E-state index contributed by atoms with van der Waals surface area (Å²) in [5, 5.41) is 2.81. The number of amides is 1. The van der Waals surface area contributed by atoms with E-state index in [0.717, 1.165) is 0 Å². The van der Waals surface area contributed by atoms with Gasteiger partial charge in [0.05, 0.1) is 19.3 Å². The van der Waals surface area contributed by atoms with Gasteiger partial charge in [0.25, 0.3) is 0 Å². The lowest BCUT2D eigenvalue weighted by Gasteiger charge is -2.26. The summed E-state index contributed by atoms with van der Waals surface area (Å²) in [7, 11) is 0. The van der Waals surface area contributed by atoms with E-state index >= 15 is 0 Å². The van der Waals surface area contributed by atoms with Crippen molar-refractivity contribution in [1.82, 2.24) is 5.32 Å². The smallest absolute Gasteiger partial charge is 0.247 e. The van der Waals surface area contributed by atoms with Gasteiger partial charge < -0.3 is 15.8 Å². The molecule has 12 heavy (non-hydrogen) atoms. The minimum Gasteiger partial charge on any atom is -0.377 e. The van der Waals surface area contributed by atoms with Gasteiger partial charge in [0.2, 0.25) is 5.91 Å². The number of nitrogens with one attached hydrogen (secondary N) is 1. The second-order valence-corrected chi connectivity index (χ2v) is 2.83. The fourth-order valence-corrected chi connectivity index (χ4v) is 0.888. The maximum absolute atomic E-state index is 11.2. The van der Waals surface area contributed by atoms with Gasteiger partial charge in [-0.3, -0.25) is 4.79 Å². The summed E-state index contributed by atoms with van der Waals surface area (Å²) in [5.74, 6) is -0.0475. The summed E-state index contributed by atoms with van der Waals surface area (Å²) in [6, 6.07) is 0.193. The van der Waals surface area contributed by atoms with Crippen LogP contribution in [0.5, 0.6) is 0 Å². The van der Waals surface area contributed by atoms with Gasteiger partial charge >= 0.3 is 0 Å². The van der Waals surface area contributed by atoms with Gasteiger partial charge in [0, 0.05) is 12.1 Å². The third-order valence-corrected chi connectivity index (χ3v) is 1.76. The summed E-state index contributed by atoms with van der Waals surface area (Å²) in [4.78, 5) is 11.2. The Kier molecular flexibility index (Phi) is 3.25. The van der Waals surface area contributed by atoms with Crippen molar-refractivity contribution in [2.75, 3.05) is 19.8 Å². The van der Waals surface area contributed by atoms with Gasteiger partial charge in [-0.1, -0.05) is 6.08 Å². The Hall–Kier alpha value is -0.870. The number of carbonyl (C=O) groups excluding carboxylic acids is 1. The van der Waals surface area contributed by atoms with Gasteiger partial charge in [-0.25, -0.2) is 0 Å². The van der Waals surface area contributed by atoms with E-state index in [1.54, 1.807) is 13.0 Å². The summed E-state index contributed by atoms with van der Waals surface area (Å²) in [5.41, 5.74) is 5.93. The highest BCUT2D eigenvalue weighted by Gasteiger charge is 2.20. The Morgan fingerprint density at radius 2 is 2.42 bits per heavy atom. The highest BCUT2D eigenvalue weighted by molar-refractivity contribution is 5.93. The van der Waals surface area contributed by atoms with E-state index in [0.29, 0.717) is 25.3 Å². The Labute approximate surface area is 71.8 Å². The van der Waals surface area contributed by atoms with Crippen molar-refractivity contribution < 1.29 is 9.53 Å². The van der Waals surface area contributed by atoms with Crippen molar-refractivity contribution in [1.29, 1.82) is 0 Å². The third kappa shape index (κ3) is 2.32. The maximum atomic E-state index is 11.2. The molecule has 0 saturated carbocycles. The standard InChI is InChI=1S/C8H14N2O2/c1-6(2-3-9)8(11)10-7-4-12-5-7/h2,7H,3-5,9H2,1H3,(H,10,11)/b6-2+. The molecule has 3 N–H and O–H groups in total. The highest BCUT2D eigenvalue weighted by Crippen LogP contribution is 2.01. The molecule has 0 aliphatic carbocycles. The van der Waals surface area contributed by atoms with Crippen molar-refractivity contribution in [2.24, 2.45) is 5.73 Å². The lowest BCUT2D eigenvalue weighted by molar-refractivity contribution is -0.121. The number of hydrogen-bond acceptors (Lipinski definition) is 3. The van der Waals surface area contributed by atoms with Crippen LogP contribution in [0.1, 0.15) is 6.92 Å². The number of rotatable bonds is 3. The molecule has 1 rings (SSSR count). The molecule has 1 amide bonds. The average Bonchev–Trinajstić information content (AvgIpc) is 1.97. The zero-order valence-electron chi connectivity index (χ0n) is 7.17. The van der Waals surface area contributed by atoms with Crippen molar-refractivity contribution >= 4 is 5.91 Å². The molecule has 1 aliphatic heterocycles. The van der Waals surface area contributed by atoms with E-state index in [-0.39, 0.29) is 11.9 Å². The summed E-state index contributed by atoms with van der Waals surface area (Å²) < 4.78 is 4.92. The Morgan fingerprint density at radius 1 is 1.75 bits per heavy atom. The van der Waals surface area contributed by atoms with E-state index in [1.807, 2.05) is 0 Å². The van der Waals surface area contributed by atoms with E-state index < -0.39 is 0 Å². The minimum absolute atomic E-state index is 0.0475. The molecular weight excluding hydrogens is 156 g/mol. The fraction of sp³-hybridized carbons (Fsp3) is 0.625. The molecule has 0 spiro atoms. The van der Waals surface area contributed by atoms with Crippen molar-refractivity contribution in [3.05, 3.63) is 11.6 Å². The van der Waals surface area contributed by atoms with E-state index in [2.05, 4.69) is 5.32 Å². The molecule has 0 aromatic heterocycles. The minimum atomic E-state index is -0.0475. The molecule has 1 aliphatic rings. The van der Waals surface area contributed by atoms with E-state index in [9.17, 15) is 4.79 Å². The molecule has 1 saturated heterocycles. The normalized spacial score (nSPS) is 18.7. The second-order valence-electron chi connectivity index (χ2n) is 2.83. The summed E-state index contributed by atoms with van der Waals surface area (Å²) in [6.07, 6.45) is 1.70. The third-order valence-electron chi connectivity index (χ3n) is 1.76. The first kappa shape index (κ1) is 9.22. The topological polar surface area (TPSA) is 64.4 Å². The van der Waals surface area contributed by atoms with E-state index in [1.165, 1.54) is 0 Å². The molecule has 4 nitrogen and oxygen atoms in total. The van der Waals surface area contributed by atoms with Crippen LogP contribution >= 0.6 is 0 Å². The van der Waals surface area contributed by atoms with Gasteiger partial charge in [-0.2, -0.15) is 0 Å². The molecular formula is C8H14N2O2. The zero-order chi connectivity index (χ0) is 8.97. The molecule has 1 heterocycles. The molecule has 4 heteroatoms. The Bertz CT molecular complexity index is 197. The monoisotopic (exact) mass is 170 g/mol. The SMILES string of the molecule is C/C(=C\CN)C(=O)NC1COC1. The van der Waals surface area contributed by atoms with Crippen LogP contribution in [0, 0.1) is 0 Å². The average molecular weight is 170 g/mol. The van der Waals surface area contributed by atoms with Crippen molar-refractivity contribution in [3.8, 4) is 0 Å².